The maximum absolute atomic E-state index is 13.2. The number of rotatable bonds is 8. The number of benzene rings is 1. The molecule has 5 nitrogen and oxygen atoms in total. The van der Waals surface area contributed by atoms with Gasteiger partial charge in [0.15, 0.2) is 0 Å². The molecule has 27 heavy (non-hydrogen) atoms. The minimum Gasteiger partial charge on any atom is -0.492 e. The number of ether oxygens (including phenoxy) is 1. The van der Waals surface area contributed by atoms with Gasteiger partial charge < -0.3 is 14.5 Å². The van der Waals surface area contributed by atoms with Crippen molar-refractivity contribution in [1.29, 1.82) is 0 Å². The Morgan fingerprint density at radius 2 is 2.07 bits per heavy atom. The van der Waals surface area contributed by atoms with Gasteiger partial charge in [0, 0.05) is 36.8 Å². The van der Waals surface area contributed by atoms with Gasteiger partial charge in [-0.15, -0.1) is 0 Å². The van der Waals surface area contributed by atoms with Gasteiger partial charge in [0.25, 0.3) is 0 Å². The number of fused-ring (bicyclic) bond motifs is 1. The Balaban J connectivity index is 1.35. The van der Waals surface area contributed by atoms with Crippen molar-refractivity contribution >= 4 is 34.8 Å². The van der Waals surface area contributed by atoms with Crippen molar-refractivity contribution in [3.63, 3.8) is 0 Å². The third-order valence-corrected chi connectivity index (χ3v) is 4.40. The van der Waals surface area contributed by atoms with E-state index in [1.807, 2.05) is 0 Å². The SMILES string of the molecule is O=C(CCCOc1ccc(Cl)cc1Cl)NCCc1cn2cc(F)ccc2n1. The molecule has 1 N–H and O–H groups in total. The smallest absolute Gasteiger partial charge is 0.220 e. The summed E-state index contributed by atoms with van der Waals surface area (Å²) in [6, 6.07) is 7.99. The molecule has 0 unspecified atom stereocenters. The van der Waals surface area contributed by atoms with E-state index in [9.17, 15) is 9.18 Å². The first-order valence-electron chi connectivity index (χ1n) is 8.49. The maximum Gasteiger partial charge on any atom is 0.220 e. The molecule has 3 rings (SSSR count). The summed E-state index contributed by atoms with van der Waals surface area (Å²) in [5.74, 6) is 0.169. The monoisotopic (exact) mass is 409 g/mol. The summed E-state index contributed by atoms with van der Waals surface area (Å²) in [6.45, 7) is 0.849. The first-order chi connectivity index (χ1) is 13.0. The van der Waals surface area contributed by atoms with Crippen molar-refractivity contribution in [2.24, 2.45) is 0 Å². The van der Waals surface area contributed by atoms with Gasteiger partial charge in [0.1, 0.15) is 17.2 Å². The van der Waals surface area contributed by atoms with Crippen LogP contribution < -0.4 is 10.1 Å². The average Bonchev–Trinajstić information content (AvgIpc) is 3.02. The third kappa shape index (κ3) is 5.58. The third-order valence-electron chi connectivity index (χ3n) is 3.87. The molecular weight excluding hydrogens is 392 g/mol. The van der Waals surface area contributed by atoms with Crippen molar-refractivity contribution in [1.82, 2.24) is 14.7 Å². The predicted molar refractivity (Wildman–Crippen MR) is 103 cm³/mol. The minimum atomic E-state index is -0.318. The van der Waals surface area contributed by atoms with E-state index in [-0.39, 0.29) is 11.7 Å². The van der Waals surface area contributed by atoms with Crippen molar-refractivity contribution < 1.29 is 13.9 Å². The summed E-state index contributed by atoms with van der Waals surface area (Å²) in [6.07, 6.45) is 4.62. The molecule has 0 aliphatic carbocycles. The Bertz CT molecular complexity index is 946. The van der Waals surface area contributed by atoms with Crippen LogP contribution in [-0.2, 0) is 11.2 Å². The molecule has 0 spiro atoms. The highest BCUT2D eigenvalue weighted by Gasteiger charge is 2.06. The van der Waals surface area contributed by atoms with E-state index in [1.165, 1.54) is 12.3 Å². The number of nitrogens with zero attached hydrogens (tertiary/aromatic N) is 2. The van der Waals surface area contributed by atoms with E-state index < -0.39 is 0 Å². The highest BCUT2D eigenvalue weighted by Crippen LogP contribution is 2.27. The number of hydrogen-bond acceptors (Lipinski definition) is 3. The van der Waals surface area contributed by atoms with Gasteiger partial charge in [-0.3, -0.25) is 4.79 Å². The lowest BCUT2D eigenvalue weighted by Gasteiger charge is -2.08. The van der Waals surface area contributed by atoms with Crippen molar-refractivity contribution in [2.45, 2.75) is 19.3 Å². The summed E-state index contributed by atoms with van der Waals surface area (Å²) < 4.78 is 20.3. The lowest BCUT2D eigenvalue weighted by Crippen LogP contribution is -2.25. The lowest BCUT2D eigenvalue weighted by atomic mass is 10.3. The summed E-state index contributed by atoms with van der Waals surface area (Å²) in [5, 5.41) is 3.83. The predicted octanol–water partition coefficient (Wildman–Crippen LogP) is 4.30. The quantitative estimate of drug-likeness (QED) is 0.564. The van der Waals surface area contributed by atoms with Crippen LogP contribution in [0.4, 0.5) is 4.39 Å². The van der Waals surface area contributed by atoms with E-state index >= 15 is 0 Å². The van der Waals surface area contributed by atoms with Crippen LogP contribution >= 0.6 is 23.2 Å². The van der Waals surface area contributed by atoms with Crippen LogP contribution in [0.25, 0.3) is 5.65 Å². The van der Waals surface area contributed by atoms with Gasteiger partial charge in [-0.2, -0.15) is 0 Å². The molecule has 0 aliphatic rings. The van der Waals surface area contributed by atoms with Gasteiger partial charge in [-0.05, 0) is 36.8 Å². The van der Waals surface area contributed by atoms with Gasteiger partial charge in [0.05, 0.1) is 17.3 Å². The number of aromatic nitrogens is 2. The van der Waals surface area contributed by atoms with Gasteiger partial charge in [-0.1, -0.05) is 23.2 Å². The van der Waals surface area contributed by atoms with Crippen LogP contribution in [0.5, 0.6) is 5.75 Å². The largest absolute Gasteiger partial charge is 0.492 e. The second kappa shape index (κ2) is 9.06. The average molecular weight is 410 g/mol. The minimum absolute atomic E-state index is 0.0596. The highest BCUT2D eigenvalue weighted by molar-refractivity contribution is 6.35. The van der Waals surface area contributed by atoms with E-state index in [0.29, 0.717) is 53.9 Å². The Labute approximate surface area is 166 Å². The molecule has 1 amide bonds. The molecule has 0 radical (unpaired) electrons. The number of imidazole rings is 1. The summed E-state index contributed by atoms with van der Waals surface area (Å²) in [7, 11) is 0. The first-order valence-corrected chi connectivity index (χ1v) is 9.24. The number of carbonyl (C=O) groups excluding carboxylic acids is 1. The molecule has 3 aromatic rings. The van der Waals surface area contributed by atoms with E-state index in [4.69, 9.17) is 27.9 Å². The topological polar surface area (TPSA) is 55.6 Å². The Kier molecular flexibility index (Phi) is 6.53. The van der Waals surface area contributed by atoms with Crippen LogP contribution in [-0.4, -0.2) is 28.4 Å². The summed E-state index contributed by atoms with van der Waals surface area (Å²) in [5.41, 5.74) is 1.47. The molecule has 1 aromatic carbocycles. The Hall–Kier alpha value is -2.31. The zero-order chi connectivity index (χ0) is 19.2. The highest BCUT2D eigenvalue weighted by atomic mass is 35.5. The molecule has 0 aliphatic heterocycles. The fourth-order valence-electron chi connectivity index (χ4n) is 2.56. The molecule has 8 heteroatoms. The van der Waals surface area contributed by atoms with Crippen LogP contribution in [0.3, 0.4) is 0 Å². The van der Waals surface area contributed by atoms with Crippen molar-refractivity contribution in [3.05, 3.63) is 64.3 Å². The van der Waals surface area contributed by atoms with E-state index in [2.05, 4.69) is 10.3 Å². The maximum atomic E-state index is 13.2. The van der Waals surface area contributed by atoms with Crippen LogP contribution in [0.2, 0.25) is 10.0 Å². The number of hydrogen-bond donors (Lipinski definition) is 1. The molecule has 2 heterocycles. The Morgan fingerprint density at radius 3 is 2.89 bits per heavy atom. The number of nitrogens with one attached hydrogen (secondary N) is 1. The molecule has 0 fully saturated rings. The molecule has 0 saturated heterocycles. The Morgan fingerprint density at radius 1 is 1.22 bits per heavy atom. The zero-order valence-corrected chi connectivity index (χ0v) is 15.9. The van der Waals surface area contributed by atoms with Crippen molar-refractivity contribution in [3.8, 4) is 5.75 Å². The van der Waals surface area contributed by atoms with E-state index in [0.717, 1.165) is 5.69 Å². The summed E-state index contributed by atoms with van der Waals surface area (Å²) >= 11 is 11.8. The lowest BCUT2D eigenvalue weighted by molar-refractivity contribution is -0.121. The fraction of sp³-hybridized carbons (Fsp3) is 0.263. The van der Waals surface area contributed by atoms with Gasteiger partial charge >= 0.3 is 0 Å². The zero-order valence-electron chi connectivity index (χ0n) is 14.4. The molecule has 0 bridgehead atoms. The van der Waals surface area contributed by atoms with Crippen LogP contribution in [0, 0.1) is 5.82 Å². The van der Waals surface area contributed by atoms with Crippen molar-refractivity contribution in [2.75, 3.05) is 13.2 Å². The van der Waals surface area contributed by atoms with Gasteiger partial charge in [0.2, 0.25) is 5.91 Å². The van der Waals surface area contributed by atoms with Crippen LogP contribution in [0.1, 0.15) is 18.5 Å². The van der Waals surface area contributed by atoms with E-state index in [1.54, 1.807) is 34.9 Å². The first kappa shape index (κ1) is 19.5. The van der Waals surface area contributed by atoms with Crippen LogP contribution in [0.15, 0.2) is 42.7 Å². The standard InChI is InChI=1S/C19H18Cl2FN3O2/c20-13-3-5-17(16(21)10-13)27-9-1-2-19(26)23-8-7-15-12-25-11-14(22)4-6-18(25)24-15/h3-6,10-12H,1-2,7-9H2,(H,23,26). The number of carbonyl (C=O) groups is 1. The number of amides is 1. The van der Waals surface area contributed by atoms with Gasteiger partial charge in [-0.25, -0.2) is 9.37 Å². The molecule has 2 aromatic heterocycles. The molecule has 0 saturated carbocycles. The second-order valence-corrected chi connectivity index (χ2v) is 6.82. The second-order valence-electron chi connectivity index (χ2n) is 5.97. The normalized spacial score (nSPS) is 10.9. The number of halogens is 3. The summed E-state index contributed by atoms with van der Waals surface area (Å²) in [4.78, 5) is 16.3. The molecule has 142 valence electrons. The molecular formula is C19H18Cl2FN3O2. The molecule has 0 atom stereocenters. The number of pyridine rings is 1. The fourth-order valence-corrected chi connectivity index (χ4v) is 3.03.